The number of hydrogen-bond acceptors (Lipinski definition) is 4. The Hall–Kier alpha value is -3.67. The maximum atomic E-state index is 12.5. The van der Waals surface area contributed by atoms with E-state index in [-0.39, 0.29) is 12.0 Å². The topological polar surface area (TPSA) is 59.7 Å². The molecule has 1 amide bonds. The average Bonchev–Trinajstić information content (AvgIpc) is 3.31. The molecule has 0 unspecified atom stereocenters. The Balaban J connectivity index is 1.18. The first kappa shape index (κ1) is 20.2. The van der Waals surface area contributed by atoms with Gasteiger partial charge < -0.3 is 14.0 Å². The van der Waals surface area contributed by atoms with Gasteiger partial charge >= 0.3 is 0 Å². The Morgan fingerprint density at radius 3 is 2.62 bits per heavy atom. The number of piperidine rings is 1. The molecule has 0 aliphatic carbocycles. The van der Waals surface area contributed by atoms with Gasteiger partial charge in [0.25, 0.3) is 0 Å². The van der Waals surface area contributed by atoms with Crippen LogP contribution in [0.2, 0.25) is 0 Å². The van der Waals surface area contributed by atoms with Crippen molar-refractivity contribution in [3.05, 3.63) is 84.6 Å². The zero-order valence-corrected chi connectivity index (χ0v) is 18.1. The van der Waals surface area contributed by atoms with Gasteiger partial charge in [0.15, 0.2) is 0 Å². The minimum Gasteiger partial charge on any atom is -0.490 e. The third kappa shape index (κ3) is 4.21. The molecular formula is C26H26N4O2. The van der Waals surface area contributed by atoms with Gasteiger partial charge in [0.2, 0.25) is 5.91 Å². The number of aromatic nitrogens is 3. The number of pyridine rings is 2. The number of ether oxygens (including phenoxy) is 1. The molecule has 1 aromatic carbocycles. The van der Waals surface area contributed by atoms with E-state index in [1.807, 2.05) is 47.6 Å². The van der Waals surface area contributed by atoms with Crippen molar-refractivity contribution in [2.75, 3.05) is 13.1 Å². The molecular weight excluding hydrogens is 400 g/mol. The molecule has 1 fully saturated rings. The van der Waals surface area contributed by atoms with Gasteiger partial charge in [0, 0.05) is 62.0 Å². The molecule has 3 aromatic heterocycles. The van der Waals surface area contributed by atoms with E-state index in [1.165, 1.54) is 5.56 Å². The van der Waals surface area contributed by atoms with E-state index >= 15 is 0 Å². The van der Waals surface area contributed by atoms with Gasteiger partial charge in [-0.25, -0.2) is 4.98 Å². The summed E-state index contributed by atoms with van der Waals surface area (Å²) >= 11 is 0. The van der Waals surface area contributed by atoms with E-state index in [1.54, 1.807) is 12.4 Å². The number of benzene rings is 1. The molecule has 5 rings (SSSR count). The van der Waals surface area contributed by atoms with Crippen LogP contribution in [0.4, 0.5) is 0 Å². The molecule has 6 heteroatoms. The number of nitrogens with zero attached hydrogens (tertiary/aromatic N) is 4. The molecule has 0 N–H and O–H groups in total. The minimum atomic E-state index is 0.132. The zero-order valence-electron chi connectivity index (χ0n) is 18.1. The Morgan fingerprint density at radius 2 is 1.88 bits per heavy atom. The highest BCUT2D eigenvalue weighted by molar-refractivity contribution is 5.78. The summed E-state index contributed by atoms with van der Waals surface area (Å²) in [5.41, 5.74) is 5.41. The predicted octanol–water partition coefficient (Wildman–Crippen LogP) is 4.32. The molecule has 0 atom stereocenters. The van der Waals surface area contributed by atoms with Crippen molar-refractivity contribution in [1.82, 2.24) is 19.3 Å². The summed E-state index contributed by atoms with van der Waals surface area (Å²) in [5.74, 6) is 1.03. The fourth-order valence-electron chi connectivity index (χ4n) is 4.35. The molecule has 1 aliphatic rings. The molecule has 6 nitrogen and oxygen atoms in total. The van der Waals surface area contributed by atoms with Gasteiger partial charge in [0.1, 0.15) is 17.5 Å². The van der Waals surface area contributed by atoms with Crippen molar-refractivity contribution >= 4 is 11.6 Å². The number of carbonyl (C=O) groups excluding carboxylic acids is 1. The second-order valence-electron chi connectivity index (χ2n) is 8.25. The van der Waals surface area contributed by atoms with Gasteiger partial charge in [-0.05, 0) is 48.4 Å². The lowest BCUT2D eigenvalue weighted by Crippen LogP contribution is -2.42. The number of carbonyl (C=O) groups is 1. The van der Waals surface area contributed by atoms with Crippen molar-refractivity contribution in [2.24, 2.45) is 0 Å². The summed E-state index contributed by atoms with van der Waals surface area (Å²) < 4.78 is 8.32. The van der Waals surface area contributed by atoms with E-state index in [2.05, 4.69) is 39.5 Å². The second kappa shape index (κ2) is 8.83. The third-order valence-electron chi connectivity index (χ3n) is 6.16. The molecule has 0 spiro atoms. The van der Waals surface area contributed by atoms with Crippen molar-refractivity contribution < 1.29 is 9.53 Å². The van der Waals surface area contributed by atoms with Gasteiger partial charge in [-0.1, -0.05) is 18.2 Å². The summed E-state index contributed by atoms with van der Waals surface area (Å²) in [4.78, 5) is 22.9. The first-order valence-electron chi connectivity index (χ1n) is 11.0. The lowest BCUT2D eigenvalue weighted by atomic mass is 10.0. The first-order valence-corrected chi connectivity index (χ1v) is 11.0. The first-order chi connectivity index (χ1) is 15.7. The monoisotopic (exact) mass is 426 g/mol. The van der Waals surface area contributed by atoms with Crippen LogP contribution < -0.4 is 4.74 Å². The number of rotatable bonds is 5. The molecule has 0 bridgehead atoms. The minimum absolute atomic E-state index is 0.132. The summed E-state index contributed by atoms with van der Waals surface area (Å²) in [6.45, 7) is 3.57. The molecule has 0 saturated carbocycles. The van der Waals surface area contributed by atoms with Crippen LogP contribution in [0.3, 0.4) is 0 Å². The smallest absolute Gasteiger partial charge is 0.227 e. The summed E-state index contributed by atoms with van der Waals surface area (Å²) in [6.07, 6.45) is 9.52. The fraction of sp³-hybridized carbons (Fsp3) is 0.269. The summed E-state index contributed by atoms with van der Waals surface area (Å²) in [5, 5.41) is 0. The number of amides is 1. The van der Waals surface area contributed by atoms with E-state index in [9.17, 15) is 4.79 Å². The van der Waals surface area contributed by atoms with Crippen molar-refractivity contribution in [3.63, 3.8) is 0 Å². The summed E-state index contributed by atoms with van der Waals surface area (Å²) in [6, 6.07) is 16.2. The van der Waals surface area contributed by atoms with Crippen LogP contribution in [0.25, 0.3) is 16.8 Å². The second-order valence-corrected chi connectivity index (χ2v) is 8.25. The van der Waals surface area contributed by atoms with Crippen molar-refractivity contribution in [1.29, 1.82) is 0 Å². The maximum Gasteiger partial charge on any atom is 0.227 e. The fourth-order valence-corrected chi connectivity index (χ4v) is 4.35. The number of likely N-dealkylation sites (tertiary alicyclic amines) is 1. The van der Waals surface area contributed by atoms with Crippen molar-refractivity contribution in [3.8, 4) is 16.9 Å². The van der Waals surface area contributed by atoms with Crippen LogP contribution in [0.15, 0.2) is 73.3 Å². The highest BCUT2D eigenvalue weighted by Crippen LogP contribution is 2.27. The molecule has 1 aliphatic heterocycles. The largest absolute Gasteiger partial charge is 0.490 e. The number of aryl methyl sites for hydroxylation is 1. The number of fused-ring (bicyclic) bond motifs is 1. The van der Waals surface area contributed by atoms with Gasteiger partial charge in [-0.3, -0.25) is 9.78 Å². The van der Waals surface area contributed by atoms with Crippen LogP contribution >= 0.6 is 0 Å². The van der Waals surface area contributed by atoms with E-state index in [0.29, 0.717) is 6.42 Å². The molecule has 162 valence electrons. The molecule has 4 aromatic rings. The average molecular weight is 427 g/mol. The van der Waals surface area contributed by atoms with Gasteiger partial charge in [0.05, 0.1) is 6.42 Å². The normalized spacial score (nSPS) is 14.6. The third-order valence-corrected chi connectivity index (χ3v) is 6.16. The van der Waals surface area contributed by atoms with Gasteiger partial charge in [-0.2, -0.15) is 0 Å². The Labute approximate surface area is 187 Å². The van der Waals surface area contributed by atoms with E-state index < -0.39 is 0 Å². The van der Waals surface area contributed by atoms with Crippen LogP contribution in [-0.4, -0.2) is 44.4 Å². The molecule has 1 saturated heterocycles. The van der Waals surface area contributed by atoms with E-state index in [4.69, 9.17) is 4.74 Å². The zero-order chi connectivity index (χ0) is 21.9. The van der Waals surface area contributed by atoms with Crippen LogP contribution in [-0.2, 0) is 11.2 Å². The summed E-state index contributed by atoms with van der Waals surface area (Å²) in [7, 11) is 0. The van der Waals surface area contributed by atoms with E-state index in [0.717, 1.165) is 54.1 Å². The highest BCUT2D eigenvalue weighted by atomic mass is 16.5. The number of hydrogen-bond donors (Lipinski definition) is 0. The predicted molar refractivity (Wildman–Crippen MR) is 124 cm³/mol. The Bertz CT molecular complexity index is 1210. The Morgan fingerprint density at radius 1 is 1.06 bits per heavy atom. The number of imidazole rings is 1. The SMILES string of the molecule is Cc1c(-c2ccc(OC3CCN(C(=O)Cc4cccnc4)CC3)cc2)ccc2nccn12. The quantitative estimate of drug-likeness (QED) is 0.477. The lowest BCUT2D eigenvalue weighted by molar-refractivity contribution is -0.132. The molecule has 32 heavy (non-hydrogen) atoms. The standard InChI is InChI=1S/C26H26N4O2/c1-19-24(8-9-25-28-13-16-30(19)25)21-4-6-22(7-5-21)32-23-10-14-29(15-11-23)26(31)17-20-3-2-12-27-18-20/h2-9,12-13,16,18,23H,10-11,14-15,17H2,1H3. The van der Waals surface area contributed by atoms with Crippen LogP contribution in [0.5, 0.6) is 5.75 Å². The van der Waals surface area contributed by atoms with Gasteiger partial charge in [-0.15, -0.1) is 0 Å². The van der Waals surface area contributed by atoms with Crippen LogP contribution in [0.1, 0.15) is 24.1 Å². The Kier molecular flexibility index (Phi) is 5.58. The lowest BCUT2D eigenvalue weighted by Gasteiger charge is -2.32. The van der Waals surface area contributed by atoms with Crippen molar-refractivity contribution in [2.45, 2.75) is 32.3 Å². The van der Waals surface area contributed by atoms with Crippen LogP contribution in [0, 0.1) is 6.92 Å². The maximum absolute atomic E-state index is 12.5. The highest BCUT2D eigenvalue weighted by Gasteiger charge is 2.24. The molecule has 4 heterocycles. The molecule has 0 radical (unpaired) electrons.